The Morgan fingerprint density at radius 3 is 2.26 bits per heavy atom. The van der Waals surface area contributed by atoms with Gasteiger partial charge in [-0.15, -0.1) is 0 Å². The third-order valence-corrected chi connectivity index (χ3v) is 7.91. The molecule has 0 saturated heterocycles. The van der Waals surface area contributed by atoms with Crippen molar-refractivity contribution >= 4 is 33.1 Å². The highest BCUT2D eigenvalue weighted by atomic mass is 16.3. The van der Waals surface area contributed by atoms with E-state index in [9.17, 15) is 0 Å². The Balaban J connectivity index is 1.28. The molecule has 0 amide bonds. The maximum absolute atomic E-state index is 6.22. The lowest BCUT2D eigenvalue weighted by atomic mass is 9.61. The Morgan fingerprint density at radius 2 is 1.31 bits per heavy atom. The predicted molar refractivity (Wildman–Crippen MR) is 145 cm³/mol. The summed E-state index contributed by atoms with van der Waals surface area (Å²) >= 11 is 0. The smallest absolute Gasteiger partial charge is 0.136 e. The second kappa shape index (κ2) is 7.07. The van der Waals surface area contributed by atoms with E-state index in [1.165, 1.54) is 55.3 Å². The van der Waals surface area contributed by atoms with E-state index in [2.05, 4.69) is 109 Å². The zero-order valence-electron chi connectivity index (χ0n) is 19.1. The van der Waals surface area contributed by atoms with Crippen LogP contribution in [0.3, 0.4) is 0 Å². The zero-order valence-corrected chi connectivity index (χ0v) is 19.1. The van der Waals surface area contributed by atoms with Crippen LogP contribution in [0.15, 0.2) is 148 Å². The number of allylic oxidation sites excluding steroid dienone is 14. The minimum Gasteiger partial charge on any atom is -0.456 e. The van der Waals surface area contributed by atoms with Crippen molar-refractivity contribution in [3.63, 3.8) is 0 Å². The van der Waals surface area contributed by atoms with Crippen molar-refractivity contribution in [2.75, 3.05) is 0 Å². The highest BCUT2D eigenvalue weighted by Crippen LogP contribution is 2.53. The van der Waals surface area contributed by atoms with E-state index in [-0.39, 0.29) is 0 Å². The summed E-state index contributed by atoms with van der Waals surface area (Å²) in [6, 6.07) is 25.7. The van der Waals surface area contributed by atoms with Gasteiger partial charge < -0.3 is 4.42 Å². The van der Waals surface area contributed by atoms with Gasteiger partial charge in [0.1, 0.15) is 11.2 Å². The average molecular weight is 447 g/mol. The molecule has 1 aromatic heterocycles. The van der Waals surface area contributed by atoms with Crippen molar-refractivity contribution in [1.82, 2.24) is 0 Å². The molecular weight excluding hydrogens is 424 g/mol. The van der Waals surface area contributed by atoms with E-state index in [1.54, 1.807) is 0 Å². The van der Waals surface area contributed by atoms with Gasteiger partial charge >= 0.3 is 0 Å². The molecule has 0 bridgehead atoms. The molecule has 1 heteroatoms. The minimum absolute atomic E-state index is 0.338. The van der Waals surface area contributed by atoms with Gasteiger partial charge in [0.15, 0.2) is 0 Å². The Bertz CT molecular complexity index is 1780. The van der Waals surface area contributed by atoms with Crippen LogP contribution in [0.25, 0.3) is 33.1 Å². The van der Waals surface area contributed by atoms with E-state index in [0.29, 0.717) is 11.8 Å². The summed E-state index contributed by atoms with van der Waals surface area (Å²) in [7, 11) is 0. The van der Waals surface area contributed by atoms with Gasteiger partial charge in [0, 0.05) is 22.6 Å². The lowest BCUT2D eigenvalue weighted by molar-refractivity contribution is 0.569. The highest BCUT2D eigenvalue weighted by molar-refractivity contribution is 6.06. The number of para-hydroxylation sites is 1. The van der Waals surface area contributed by atoms with E-state index < -0.39 is 0 Å². The second-order valence-corrected chi connectivity index (χ2v) is 9.70. The molecule has 0 spiro atoms. The third-order valence-electron chi connectivity index (χ3n) is 7.91. The molecule has 8 rings (SSSR count). The van der Waals surface area contributed by atoms with Gasteiger partial charge in [-0.1, -0.05) is 103 Å². The number of fused-ring (bicyclic) bond motifs is 3. The predicted octanol–water partition coefficient (Wildman–Crippen LogP) is 8.60. The Morgan fingerprint density at radius 1 is 0.543 bits per heavy atom. The SMILES string of the molecule is C1=CC2=C(c3ccccc3)C=CC3=CC=C4C(c5ccc6c(c5)oc5ccccc56)=CC=C1C4C32. The van der Waals surface area contributed by atoms with Gasteiger partial charge in [-0.2, -0.15) is 0 Å². The normalized spacial score (nSPS) is 22.1. The van der Waals surface area contributed by atoms with Crippen LogP contribution in [-0.2, 0) is 0 Å². The minimum atomic E-state index is 0.338. The molecule has 3 aromatic carbocycles. The molecule has 2 unspecified atom stereocenters. The molecule has 4 aromatic rings. The standard InChI is InChI=1S/C34H22O/c1-2-6-21(7-3-1)25-15-10-22-13-19-30-26(16-11-23-12-18-29(25)33(22)34(23)30)24-14-17-28-27-8-4-5-9-31(27)35-32(28)20-24/h1-20,33-34H. The summed E-state index contributed by atoms with van der Waals surface area (Å²) in [6.45, 7) is 0. The van der Waals surface area contributed by atoms with E-state index in [4.69, 9.17) is 4.42 Å². The molecule has 0 saturated carbocycles. The molecule has 35 heavy (non-hydrogen) atoms. The number of benzene rings is 3. The van der Waals surface area contributed by atoms with Crippen LogP contribution in [0.5, 0.6) is 0 Å². The monoisotopic (exact) mass is 446 g/mol. The molecule has 1 heterocycles. The van der Waals surface area contributed by atoms with Crippen LogP contribution in [0.4, 0.5) is 0 Å². The van der Waals surface area contributed by atoms with Gasteiger partial charge in [-0.25, -0.2) is 0 Å². The van der Waals surface area contributed by atoms with E-state index in [1.807, 2.05) is 12.1 Å². The summed E-state index contributed by atoms with van der Waals surface area (Å²) in [4.78, 5) is 0. The molecule has 0 N–H and O–H groups in total. The quantitative estimate of drug-likeness (QED) is 0.300. The van der Waals surface area contributed by atoms with Crippen molar-refractivity contribution in [1.29, 1.82) is 0 Å². The Hall–Kier alpha value is -4.36. The molecule has 4 aliphatic rings. The first-order valence-electron chi connectivity index (χ1n) is 12.3. The van der Waals surface area contributed by atoms with Gasteiger partial charge in [0.05, 0.1) is 0 Å². The summed E-state index contributed by atoms with van der Waals surface area (Å²) < 4.78 is 6.22. The molecule has 0 fully saturated rings. The fourth-order valence-electron chi connectivity index (χ4n) is 6.31. The van der Waals surface area contributed by atoms with Gasteiger partial charge in [-0.05, 0) is 62.8 Å². The van der Waals surface area contributed by atoms with Gasteiger partial charge in [0.2, 0.25) is 0 Å². The maximum Gasteiger partial charge on any atom is 0.136 e. The van der Waals surface area contributed by atoms with Gasteiger partial charge in [0.25, 0.3) is 0 Å². The summed E-state index contributed by atoms with van der Waals surface area (Å²) in [6.07, 6.45) is 18.5. The Labute approximate surface area is 204 Å². The third kappa shape index (κ3) is 2.70. The summed E-state index contributed by atoms with van der Waals surface area (Å²) in [5, 5.41) is 2.35. The zero-order chi connectivity index (χ0) is 22.9. The molecule has 164 valence electrons. The fraction of sp³-hybridized carbons (Fsp3) is 0.0588. The van der Waals surface area contributed by atoms with Crippen LogP contribution in [0.2, 0.25) is 0 Å². The van der Waals surface area contributed by atoms with E-state index >= 15 is 0 Å². The summed E-state index contributed by atoms with van der Waals surface area (Å²) in [5.41, 5.74) is 12.6. The number of furan rings is 1. The first-order chi connectivity index (χ1) is 17.3. The largest absolute Gasteiger partial charge is 0.456 e. The second-order valence-electron chi connectivity index (χ2n) is 9.70. The lowest BCUT2D eigenvalue weighted by Gasteiger charge is -2.42. The first kappa shape index (κ1) is 19.0. The van der Waals surface area contributed by atoms with Crippen molar-refractivity contribution in [2.45, 2.75) is 0 Å². The molecule has 2 atom stereocenters. The van der Waals surface area contributed by atoms with Crippen molar-refractivity contribution in [2.24, 2.45) is 11.8 Å². The molecule has 0 aliphatic heterocycles. The molecule has 0 radical (unpaired) electrons. The molecular formula is C34H22O. The Kier molecular flexibility index (Phi) is 3.84. The van der Waals surface area contributed by atoms with Crippen LogP contribution in [0.1, 0.15) is 11.1 Å². The van der Waals surface area contributed by atoms with Crippen molar-refractivity contribution in [3.8, 4) is 0 Å². The first-order valence-corrected chi connectivity index (χ1v) is 12.3. The molecule has 1 nitrogen and oxygen atoms in total. The molecule has 4 aliphatic carbocycles. The highest BCUT2D eigenvalue weighted by Gasteiger charge is 2.40. The van der Waals surface area contributed by atoms with E-state index in [0.717, 1.165) is 11.2 Å². The van der Waals surface area contributed by atoms with Crippen LogP contribution in [0, 0.1) is 11.8 Å². The van der Waals surface area contributed by atoms with Crippen molar-refractivity contribution in [3.05, 3.63) is 155 Å². The fourth-order valence-corrected chi connectivity index (χ4v) is 6.31. The van der Waals surface area contributed by atoms with Crippen molar-refractivity contribution < 1.29 is 4.42 Å². The number of rotatable bonds is 2. The average Bonchev–Trinajstić information content (AvgIpc) is 3.30. The van der Waals surface area contributed by atoms with Crippen LogP contribution in [-0.4, -0.2) is 0 Å². The maximum atomic E-state index is 6.22. The topological polar surface area (TPSA) is 13.1 Å². The number of hydrogen-bond donors (Lipinski definition) is 0. The summed E-state index contributed by atoms with van der Waals surface area (Å²) in [5.74, 6) is 0.690. The van der Waals surface area contributed by atoms with Gasteiger partial charge in [-0.3, -0.25) is 0 Å². The lowest BCUT2D eigenvalue weighted by Crippen LogP contribution is -2.30. The van der Waals surface area contributed by atoms with Crippen LogP contribution < -0.4 is 0 Å². The number of hydrogen-bond acceptors (Lipinski definition) is 1. The van der Waals surface area contributed by atoms with Crippen LogP contribution >= 0.6 is 0 Å².